The van der Waals surface area contributed by atoms with E-state index in [1.807, 2.05) is 53.4 Å². The Morgan fingerprint density at radius 3 is 2.55 bits per heavy atom. The molecule has 0 saturated carbocycles. The van der Waals surface area contributed by atoms with E-state index in [0.29, 0.717) is 30.1 Å². The van der Waals surface area contributed by atoms with Crippen LogP contribution in [0.5, 0.6) is 5.75 Å². The van der Waals surface area contributed by atoms with Crippen LogP contribution in [0.2, 0.25) is 0 Å². The van der Waals surface area contributed by atoms with E-state index in [9.17, 15) is 9.59 Å². The lowest BCUT2D eigenvalue weighted by atomic mass is 10.1. The largest absolute Gasteiger partial charge is 0.495 e. The molecule has 6 heteroatoms. The van der Waals surface area contributed by atoms with E-state index in [2.05, 4.69) is 5.32 Å². The van der Waals surface area contributed by atoms with E-state index in [-0.39, 0.29) is 11.9 Å². The molecule has 0 unspecified atom stereocenters. The van der Waals surface area contributed by atoms with E-state index < -0.39 is 0 Å². The molecule has 0 radical (unpaired) electrons. The monoisotopic (exact) mass is 415 g/mol. The Bertz CT molecular complexity index is 1070. The maximum absolute atomic E-state index is 13.1. The Kier molecular flexibility index (Phi) is 6.17. The van der Waals surface area contributed by atoms with Crippen molar-refractivity contribution in [2.75, 3.05) is 30.4 Å². The molecule has 6 nitrogen and oxygen atoms in total. The molecule has 1 fully saturated rings. The van der Waals surface area contributed by atoms with Gasteiger partial charge in [-0.2, -0.15) is 0 Å². The molecule has 0 spiro atoms. The molecule has 1 aliphatic heterocycles. The molecule has 4 rings (SSSR count). The number of urea groups is 1. The van der Waals surface area contributed by atoms with Crippen LogP contribution in [0.25, 0.3) is 0 Å². The first-order valence-electron chi connectivity index (χ1n) is 10.3. The molecule has 3 amide bonds. The molecule has 1 N–H and O–H groups in total. The first-order valence-corrected chi connectivity index (χ1v) is 10.3. The number of methoxy groups -OCH3 is 1. The highest BCUT2D eigenvalue weighted by Gasteiger charge is 2.27. The molecule has 31 heavy (non-hydrogen) atoms. The number of hydrogen-bond acceptors (Lipinski definition) is 3. The Hall–Kier alpha value is -3.80. The van der Waals surface area contributed by atoms with Gasteiger partial charge in [-0.05, 0) is 42.3 Å². The summed E-state index contributed by atoms with van der Waals surface area (Å²) in [5, 5.41) is 2.88. The number of hydrogen-bond donors (Lipinski definition) is 1. The minimum atomic E-state index is -0.253. The van der Waals surface area contributed by atoms with Crippen molar-refractivity contribution in [3.05, 3.63) is 90.0 Å². The molecule has 0 bridgehead atoms. The molecule has 0 aromatic heterocycles. The molecular weight excluding hydrogens is 390 g/mol. The Labute approximate surface area is 182 Å². The zero-order valence-electron chi connectivity index (χ0n) is 17.5. The van der Waals surface area contributed by atoms with Gasteiger partial charge < -0.3 is 15.0 Å². The van der Waals surface area contributed by atoms with Crippen molar-refractivity contribution in [3.8, 4) is 5.75 Å². The summed E-state index contributed by atoms with van der Waals surface area (Å²) in [5.41, 5.74) is 2.90. The SMILES string of the molecule is COc1ccccc1NC(=O)c1cccc(N2CCCN(Cc3ccccc3)C2=O)c1. The number of ether oxygens (including phenoxy) is 1. The van der Waals surface area contributed by atoms with Gasteiger partial charge in [0.25, 0.3) is 5.91 Å². The Morgan fingerprint density at radius 2 is 1.74 bits per heavy atom. The van der Waals surface area contributed by atoms with Crippen LogP contribution >= 0.6 is 0 Å². The second-order valence-corrected chi connectivity index (χ2v) is 7.40. The summed E-state index contributed by atoms with van der Waals surface area (Å²) in [6.07, 6.45) is 0.871. The van der Waals surface area contributed by atoms with Crippen molar-refractivity contribution >= 4 is 23.3 Å². The van der Waals surface area contributed by atoms with Gasteiger partial charge in [0.2, 0.25) is 0 Å². The van der Waals surface area contributed by atoms with Crippen LogP contribution < -0.4 is 15.0 Å². The summed E-state index contributed by atoms with van der Waals surface area (Å²) in [6.45, 7) is 1.92. The third kappa shape index (κ3) is 4.69. The van der Waals surface area contributed by atoms with Gasteiger partial charge in [0.1, 0.15) is 5.75 Å². The number of carbonyl (C=O) groups is 2. The Morgan fingerprint density at radius 1 is 0.968 bits per heavy atom. The lowest BCUT2D eigenvalue weighted by molar-refractivity contribution is 0.102. The van der Waals surface area contributed by atoms with Crippen molar-refractivity contribution in [2.45, 2.75) is 13.0 Å². The maximum Gasteiger partial charge on any atom is 0.324 e. The number of anilines is 2. The number of carbonyl (C=O) groups excluding carboxylic acids is 2. The second-order valence-electron chi connectivity index (χ2n) is 7.40. The lowest BCUT2D eigenvalue weighted by Gasteiger charge is -2.35. The smallest absolute Gasteiger partial charge is 0.324 e. The molecule has 1 saturated heterocycles. The van der Waals surface area contributed by atoms with Crippen LogP contribution in [0.15, 0.2) is 78.9 Å². The summed E-state index contributed by atoms with van der Waals surface area (Å²) >= 11 is 0. The van der Waals surface area contributed by atoms with Crippen LogP contribution in [0.4, 0.5) is 16.2 Å². The van der Waals surface area contributed by atoms with Crippen molar-refractivity contribution in [3.63, 3.8) is 0 Å². The average molecular weight is 415 g/mol. The van der Waals surface area contributed by atoms with Crippen molar-refractivity contribution in [2.24, 2.45) is 0 Å². The maximum atomic E-state index is 13.1. The lowest BCUT2D eigenvalue weighted by Crippen LogP contribution is -2.49. The van der Waals surface area contributed by atoms with E-state index in [1.54, 1.807) is 42.3 Å². The van der Waals surface area contributed by atoms with E-state index in [0.717, 1.165) is 24.2 Å². The minimum Gasteiger partial charge on any atom is -0.495 e. The standard InChI is InChI=1S/C25H25N3O3/c1-31-23-14-6-5-13-22(23)26-24(29)20-11-7-12-21(17-20)28-16-8-15-27(25(28)30)18-19-9-3-2-4-10-19/h2-7,9-14,17H,8,15-16,18H2,1H3,(H,26,29). The fourth-order valence-electron chi connectivity index (χ4n) is 3.73. The van der Waals surface area contributed by atoms with Crippen molar-refractivity contribution in [1.29, 1.82) is 0 Å². The molecular formula is C25H25N3O3. The fourth-order valence-corrected chi connectivity index (χ4v) is 3.73. The van der Waals surface area contributed by atoms with Gasteiger partial charge in [-0.15, -0.1) is 0 Å². The second kappa shape index (κ2) is 9.34. The predicted molar refractivity (Wildman–Crippen MR) is 122 cm³/mol. The molecule has 158 valence electrons. The van der Waals surface area contributed by atoms with Crippen LogP contribution in [0.3, 0.4) is 0 Å². The topological polar surface area (TPSA) is 61.9 Å². The first kappa shape index (κ1) is 20.5. The van der Waals surface area contributed by atoms with Crippen molar-refractivity contribution in [1.82, 2.24) is 4.90 Å². The van der Waals surface area contributed by atoms with E-state index >= 15 is 0 Å². The third-order valence-electron chi connectivity index (χ3n) is 5.30. The van der Waals surface area contributed by atoms with E-state index in [1.165, 1.54) is 0 Å². The normalized spacial score (nSPS) is 13.8. The number of nitrogens with zero attached hydrogens (tertiary/aromatic N) is 2. The highest BCUT2D eigenvalue weighted by Crippen LogP contribution is 2.26. The minimum absolute atomic E-state index is 0.0441. The zero-order chi connectivity index (χ0) is 21.6. The van der Waals surface area contributed by atoms with Crippen molar-refractivity contribution < 1.29 is 14.3 Å². The fraction of sp³-hybridized carbons (Fsp3) is 0.200. The van der Waals surface area contributed by atoms with Gasteiger partial charge in [0, 0.05) is 30.9 Å². The molecule has 3 aromatic rings. The van der Waals surface area contributed by atoms with Crippen LogP contribution in [0.1, 0.15) is 22.3 Å². The quantitative estimate of drug-likeness (QED) is 0.630. The van der Waals surface area contributed by atoms with Gasteiger partial charge in [-0.1, -0.05) is 48.5 Å². The van der Waals surface area contributed by atoms with Crippen LogP contribution in [-0.2, 0) is 6.54 Å². The third-order valence-corrected chi connectivity index (χ3v) is 5.30. The average Bonchev–Trinajstić information content (AvgIpc) is 2.81. The summed E-state index contributed by atoms with van der Waals surface area (Å²) in [5.74, 6) is 0.340. The predicted octanol–water partition coefficient (Wildman–Crippen LogP) is 4.78. The van der Waals surface area contributed by atoms with Gasteiger partial charge in [0.15, 0.2) is 0 Å². The summed E-state index contributed by atoms with van der Waals surface area (Å²) < 4.78 is 5.30. The molecule has 0 aliphatic carbocycles. The van der Waals surface area contributed by atoms with Gasteiger partial charge in [-0.25, -0.2) is 4.79 Å². The van der Waals surface area contributed by atoms with E-state index in [4.69, 9.17) is 4.74 Å². The summed E-state index contributed by atoms with van der Waals surface area (Å²) in [7, 11) is 1.56. The first-order chi connectivity index (χ1) is 15.2. The van der Waals surface area contributed by atoms with Gasteiger partial charge in [-0.3, -0.25) is 9.69 Å². The number of amides is 3. The summed E-state index contributed by atoms with van der Waals surface area (Å²) in [6, 6.07) is 24.4. The number of benzene rings is 3. The molecule has 3 aromatic carbocycles. The van der Waals surface area contributed by atoms with Gasteiger partial charge in [0.05, 0.1) is 12.8 Å². The molecule has 1 heterocycles. The van der Waals surface area contributed by atoms with Crippen LogP contribution in [0, 0.1) is 0 Å². The molecule has 0 atom stereocenters. The van der Waals surface area contributed by atoms with Gasteiger partial charge >= 0.3 is 6.03 Å². The van der Waals surface area contributed by atoms with Crippen LogP contribution in [-0.4, -0.2) is 37.0 Å². The number of rotatable bonds is 6. The Balaban J connectivity index is 1.50. The summed E-state index contributed by atoms with van der Waals surface area (Å²) in [4.78, 5) is 29.5. The number of para-hydroxylation sites is 2. The highest BCUT2D eigenvalue weighted by atomic mass is 16.5. The number of nitrogens with one attached hydrogen (secondary N) is 1. The molecule has 1 aliphatic rings. The zero-order valence-corrected chi connectivity index (χ0v) is 17.5. The highest BCUT2D eigenvalue weighted by molar-refractivity contribution is 6.06.